The summed E-state index contributed by atoms with van der Waals surface area (Å²) in [7, 11) is 0. The van der Waals surface area contributed by atoms with Gasteiger partial charge in [0.05, 0.1) is 0 Å². The van der Waals surface area contributed by atoms with E-state index in [2.05, 4.69) is 9.88 Å². The standard InChI is InChI=1S/C20H26F3N3O/c21-20(22,23)18-11-17(5-8-24-18)25-9-6-14(7-10-25)19(27)26-12-15-3-1-2-4-16(15)13-26/h5,8,11,14-16H,1-4,6-7,9-10,12-13H2. The number of anilines is 1. The maximum Gasteiger partial charge on any atom is 0.433 e. The van der Waals surface area contributed by atoms with Gasteiger partial charge in [-0.3, -0.25) is 9.78 Å². The van der Waals surface area contributed by atoms with Crippen molar-refractivity contribution in [3.05, 3.63) is 24.0 Å². The van der Waals surface area contributed by atoms with Crippen molar-refractivity contribution in [3.63, 3.8) is 0 Å². The third kappa shape index (κ3) is 3.92. The number of likely N-dealkylation sites (tertiary alicyclic amines) is 1. The Labute approximate surface area is 157 Å². The van der Waals surface area contributed by atoms with Gasteiger partial charge >= 0.3 is 6.18 Å². The van der Waals surface area contributed by atoms with Crippen LogP contribution in [-0.4, -0.2) is 42.0 Å². The van der Waals surface area contributed by atoms with Crippen molar-refractivity contribution in [1.29, 1.82) is 0 Å². The van der Waals surface area contributed by atoms with E-state index in [1.807, 2.05) is 4.90 Å². The molecule has 27 heavy (non-hydrogen) atoms. The van der Waals surface area contributed by atoms with Crippen LogP contribution in [0.1, 0.15) is 44.2 Å². The fraction of sp³-hybridized carbons (Fsp3) is 0.700. The molecule has 1 aliphatic carbocycles. The van der Waals surface area contributed by atoms with Gasteiger partial charge in [-0.1, -0.05) is 12.8 Å². The molecule has 3 fully saturated rings. The zero-order chi connectivity index (χ0) is 19.0. The molecule has 0 bridgehead atoms. The molecule has 1 saturated carbocycles. The lowest BCUT2D eigenvalue weighted by molar-refractivity contribution is -0.141. The Hall–Kier alpha value is -1.79. The van der Waals surface area contributed by atoms with Crippen LogP contribution in [0.5, 0.6) is 0 Å². The SMILES string of the molecule is O=C(C1CCN(c2ccnc(C(F)(F)F)c2)CC1)N1CC2CCCCC2C1. The molecule has 3 heterocycles. The molecule has 1 aromatic heterocycles. The molecular weight excluding hydrogens is 355 g/mol. The second kappa shape index (κ2) is 7.32. The van der Waals surface area contributed by atoms with Crippen LogP contribution in [0, 0.1) is 17.8 Å². The van der Waals surface area contributed by atoms with Gasteiger partial charge in [-0.05, 0) is 49.7 Å². The minimum atomic E-state index is -4.43. The van der Waals surface area contributed by atoms with Crippen LogP contribution >= 0.6 is 0 Å². The molecule has 4 nitrogen and oxygen atoms in total. The number of halogens is 3. The molecule has 1 amide bonds. The van der Waals surface area contributed by atoms with Gasteiger partial charge < -0.3 is 9.80 Å². The Balaban J connectivity index is 1.34. The van der Waals surface area contributed by atoms with Gasteiger partial charge in [0.2, 0.25) is 5.91 Å². The van der Waals surface area contributed by atoms with E-state index in [9.17, 15) is 18.0 Å². The predicted octanol–water partition coefficient (Wildman–Crippen LogP) is 3.97. The average molecular weight is 381 g/mol. The molecule has 2 aliphatic heterocycles. The van der Waals surface area contributed by atoms with Crippen LogP contribution in [0.4, 0.5) is 18.9 Å². The number of hydrogen-bond acceptors (Lipinski definition) is 3. The Morgan fingerprint density at radius 1 is 1.04 bits per heavy atom. The summed E-state index contributed by atoms with van der Waals surface area (Å²) >= 11 is 0. The Morgan fingerprint density at radius 2 is 1.67 bits per heavy atom. The normalized spacial score (nSPS) is 26.9. The van der Waals surface area contributed by atoms with E-state index in [-0.39, 0.29) is 11.8 Å². The minimum Gasteiger partial charge on any atom is -0.371 e. The molecule has 2 atom stereocenters. The van der Waals surface area contributed by atoms with Crippen LogP contribution in [-0.2, 0) is 11.0 Å². The number of hydrogen-bond donors (Lipinski definition) is 0. The lowest BCUT2D eigenvalue weighted by Gasteiger charge is -2.34. The van der Waals surface area contributed by atoms with E-state index in [0.717, 1.165) is 19.2 Å². The number of rotatable bonds is 2. The summed E-state index contributed by atoms with van der Waals surface area (Å²) in [5, 5.41) is 0. The molecule has 0 radical (unpaired) electrons. The monoisotopic (exact) mass is 381 g/mol. The van der Waals surface area contributed by atoms with Gasteiger partial charge in [0.1, 0.15) is 5.69 Å². The summed E-state index contributed by atoms with van der Waals surface area (Å²) in [6.45, 7) is 3.03. The highest BCUT2D eigenvalue weighted by molar-refractivity contribution is 5.79. The van der Waals surface area contributed by atoms with Crippen molar-refractivity contribution < 1.29 is 18.0 Å². The largest absolute Gasteiger partial charge is 0.433 e. The Kier molecular flexibility index (Phi) is 5.03. The molecule has 0 spiro atoms. The predicted molar refractivity (Wildman–Crippen MR) is 96.2 cm³/mol. The van der Waals surface area contributed by atoms with Gasteiger partial charge in [-0.2, -0.15) is 13.2 Å². The second-order valence-electron chi connectivity index (χ2n) is 8.21. The summed E-state index contributed by atoms with van der Waals surface area (Å²) in [5.74, 6) is 1.63. The first kappa shape index (κ1) is 18.6. The first-order chi connectivity index (χ1) is 12.9. The van der Waals surface area contributed by atoms with Gasteiger partial charge in [0.25, 0.3) is 0 Å². The highest BCUT2D eigenvalue weighted by Crippen LogP contribution is 2.37. The fourth-order valence-corrected chi connectivity index (χ4v) is 5.00. The van der Waals surface area contributed by atoms with Crippen molar-refractivity contribution in [2.45, 2.75) is 44.7 Å². The van der Waals surface area contributed by atoms with E-state index >= 15 is 0 Å². The fourth-order valence-electron chi connectivity index (χ4n) is 5.00. The molecule has 7 heteroatoms. The number of aromatic nitrogens is 1. The van der Waals surface area contributed by atoms with Gasteiger partial charge in [0.15, 0.2) is 0 Å². The highest BCUT2D eigenvalue weighted by Gasteiger charge is 2.39. The van der Waals surface area contributed by atoms with Crippen molar-refractivity contribution in [2.75, 3.05) is 31.1 Å². The molecule has 148 valence electrons. The number of nitrogens with zero attached hydrogens (tertiary/aromatic N) is 3. The highest BCUT2D eigenvalue weighted by atomic mass is 19.4. The van der Waals surface area contributed by atoms with Gasteiger partial charge in [0, 0.05) is 44.0 Å². The maximum atomic E-state index is 12.9. The second-order valence-corrected chi connectivity index (χ2v) is 8.21. The Bertz CT molecular complexity index is 671. The number of pyridine rings is 1. The number of amides is 1. The number of carbonyl (C=O) groups excluding carboxylic acids is 1. The lowest BCUT2D eigenvalue weighted by atomic mass is 9.82. The number of carbonyl (C=O) groups is 1. The summed E-state index contributed by atoms with van der Waals surface area (Å²) in [6.07, 6.45) is 3.24. The quantitative estimate of drug-likeness (QED) is 0.778. The molecule has 2 saturated heterocycles. The molecular formula is C20H26F3N3O. The molecule has 4 rings (SSSR count). The number of fused-ring (bicyclic) bond motifs is 1. The van der Waals surface area contributed by atoms with Crippen LogP contribution < -0.4 is 4.90 Å². The van der Waals surface area contributed by atoms with Crippen LogP contribution in [0.3, 0.4) is 0 Å². The summed E-state index contributed by atoms with van der Waals surface area (Å²) in [5.41, 5.74) is -0.326. The van der Waals surface area contributed by atoms with Gasteiger partial charge in [-0.25, -0.2) is 0 Å². The van der Waals surface area contributed by atoms with Crippen LogP contribution in [0.15, 0.2) is 18.3 Å². The zero-order valence-electron chi connectivity index (χ0n) is 15.4. The minimum absolute atomic E-state index is 0.00493. The van der Waals surface area contributed by atoms with Crippen LogP contribution in [0.25, 0.3) is 0 Å². The van der Waals surface area contributed by atoms with Crippen molar-refractivity contribution in [1.82, 2.24) is 9.88 Å². The molecule has 0 N–H and O–H groups in total. The third-order valence-corrected chi connectivity index (χ3v) is 6.53. The maximum absolute atomic E-state index is 12.9. The van der Waals surface area contributed by atoms with Crippen LogP contribution in [0.2, 0.25) is 0 Å². The molecule has 2 unspecified atom stereocenters. The van der Waals surface area contributed by atoms with Gasteiger partial charge in [-0.15, -0.1) is 0 Å². The van der Waals surface area contributed by atoms with Crippen molar-refractivity contribution in [3.8, 4) is 0 Å². The van der Waals surface area contributed by atoms with E-state index in [1.54, 1.807) is 6.07 Å². The average Bonchev–Trinajstić information content (AvgIpc) is 3.11. The van der Waals surface area contributed by atoms with E-state index < -0.39 is 11.9 Å². The number of alkyl halides is 3. The third-order valence-electron chi connectivity index (χ3n) is 6.53. The lowest BCUT2D eigenvalue weighted by Crippen LogP contribution is -2.42. The summed E-state index contributed by atoms with van der Waals surface area (Å²) in [4.78, 5) is 20.3. The molecule has 3 aliphatic rings. The summed E-state index contributed by atoms with van der Waals surface area (Å²) < 4.78 is 38.6. The zero-order valence-corrected chi connectivity index (χ0v) is 15.4. The first-order valence-corrected chi connectivity index (χ1v) is 9.99. The molecule has 0 aromatic carbocycles. The number of piperidine rings is 1. The topological polar surface area (TPSA) is 36.4 Å². The van der Waals surface area contributed by atoms with Crippen molar-refractivity contribution in [2.24, 2.45) is 17.8 Å². The first-order valence-electron chi connectivity index (χ1n) is 9.99. The van der Waals surface area contributed by atoms with E-state index in [4.69, 9.17) is 0 Å². The van der Waals surface area contributed by atoms with Crippen molar-refractivity contribution >= 4 is 11.6 Å². The Morgan fingerprint density at radius 3 is 2.26 bits per heavy atom. The van der Waals surface area contributed by atoms with E-state index in [0.29, 0.717) is 43.5 Å². The van der Waals surface area contributed by atoms with E-state index in [1.165, 1.54) is 31.9 Å². The smallest absolute Gasteiger partial charge is 0.371 e. The molecule has 1 aromatic rings. The summed E-state index contributed by atoms with van der Waals surface area (Å²) in [6, 6.07) is 2.72.